The summed E-state index contributed by atoms with van der Waals surface area (Å²) in [7, 11) is 0. The van der Waals surface area contributed by atoms with Crippen molar-refractivity contribution in [3.8, 4) is 0 Å². The number of hydrogen-bond acceptors (Lipinski definition) is 2. The molecule has 0 amide bonds. The van der Waals surface area contributed by atoms with E-state index in [0.29, 0.717) is 6.54 Å². The summed E-state index contributed by atoms with van der Waals surface area (Å²) in [5.41, 5.74) is 9.50. The first-order valence-corrected chi connectivity index (χ1v) is 6.91. The molecule has 0 spiro atoms. The Bertz CT molecular complexity index is 476. The van der Waals surface area contributed by atoms with Gasteiger partial charge in [-0.05, 0) is 43.1 Å². The third-order valence-electron chi connectivity index (χ3n) is 3.33. The van der Waals surface area contributed by atoms with Crippen molar-refractivity contribution >= 4 is 5.69 Å². The second-order valence-electron chi connectivity index (χ2n) is 4.70. The third-order valence-corrected chi connectivity index (χ3v) is 3.33. The van der Waals surface area contributed by atoms with Crippen LogP contribution in [0.2, 0.25) is 0 Å². The van der Waals surface area contributed by atoms with Crippen LogP contribution in [0.3, 0.4) is 0 Å². The molecule has 0 aromatic heterocycles. The SMILES string of the molecule is CCN(Cc1ccc(CCN)cc1)c1ccccc1. The highest BCUT2D eigenvalue weighted by atomic mass is 15.1. The lowest BCUT2D eigenvalue weighted by Crippen LogP contribution is -2.21. The lowest BCUT2D eigenvalue weighted by molar-refractivity contribution is 0.831. The first-order chi connectivity index (χ1) is 9.33. The normalized spacial score (nSPS) is 10.4. The molecule has 100 valence electrons. The maximum atomic E-state index is 5.57. The summed E-state index contributed by atoms with van der Waals surface area (Å²) in [5.74, 6) is 0. The Morgan fingerprint density at radius 1 is 0.895 bits per heavy atom. The Kier molecular flexibility index (Phi) is 4.99. The first kappa shape index (κ1) is 13.6. The van der Waals surface area contributed by atoms with Gasteiger partial charge in [-0.3, -0.25) is 0 Å². The quantitative estimate of drug-likeness (QED) is 0.857. The fraction of sp³-hybridized carbons (Fsp3) is 0.294. The number of rotatable bonds is 6. The molecule has 0 saturated carbocycles. The standard InChI is InChI=1S/C17H22N2/c1-2-19(17-6-4-3-5-7-17)14-16-10-8-15(9-11-16)12-13-18/h3-11H,2,12-14,18H2,1H3. The van der Waals surface area contributed by atoms with E-state index in [1.807, 2.05) is 0 Å². The minimum atomic E-state index is 0.713. The fourth-order valence-electron chi connectivity index (χ4n) is 2.22. The van der Waals surface area contributed by atoms with Gasteiger partial charge in [0, 0.05) is 18.8 Å². The maximum absolute atomic E-state index is 5.57. The van der Waals surface area contributed by atoms with Crippen LogP contribution in [0.4, 0.5) is 5.69 Å². The summed E-state index contributed by atoms with van der Waals surface area (Å²) in [6, 6.07) is 19.3. The zero-order valence-corrected chi connectivity index (χ0v) is 11.5. The average molecular weight is 254 g/mol. The molecule has 0 unspecified atom stereocenters. The average Bonchev–Trinajstić information content (AvgIpc) is 2.48. The summed E-state index contributed by atoms with van der Waals surface area (Å²) < 4.78 is 0. The molecular weight excluding hydrogens is 232 g/mol. The first-order valence-electron chi connectivity index (χ1n) is 6.91. The maximum Gasteiger partial charge on any atom is 0.0429 e. The fourth-order valence-corrected chi connectivity index (χ4v) is 2.22. The van der Waals surface area contributed by atoms with E-state index in [1.54, 1.807) is 0 Å². The summed E-state index contributed by atoms with van der Waals surface area (Å²) >= 11 is 0. The smallest absolute Gasteiger partial charge is 0.0429 e. The molecule has 0 radical (unpaired) electrons. The van der Waals surface area contributed by atoms with E-state index >= 15 is 0 Å². The molecule has 0 aliphatic heterocycles. The largest absolute Gasteiger partial charge is 0.367 e. The molecule has 2 aromatic carbocycles. The lowest BCUT2D eigenvalue weighted by atomic mass is 10.1. The second kappa shape index (κ2) is 6.95. The molecule has 0 bridgehead atoms. The number of nitrogens with two attached hydrogens (primary N) is 1. The molecule has 0 aliphatic carbocycles. The highest BCUT2D eigenvalue weighted by Crippen LogP contribution is 2.16. The van der Waals surface area contributed by atoms with E-state index in [4.69, 9.17) is 5.73 Å². The molecule has 2 aromatic rings. The van der Waals surface area contributed by atoms with E-state index in [9.17, 15) is 0 Å². The van der Waals surface area contributed by atoms with Crippen molar-refractivity contribution in [1.82, 2.24) is 0 Å². The predicted octanol–water partition coefficient (Wildman–Crippen LogP) is 3.21. The van der Waals surface area contributed by atoms with Crippen molar-refractivity contribution in [3.63, 3.8) is 0 Å². The zero-order chi connectivity index (χ0) is 13.5. The van der Waals surface area contributed by atoms with Crippen molar-refractivity contribution in [1.29, 1.82) is 0 Å². The van der Waals surface area contributed by atoms with Crippen LogP contribution < -0.4 is 10.6 Å². The van der Waals surface area contributed by atoms with Gasteiger partial charge in [0.2, 0.25) is 0 Å². The molecule has 2 nitrogen and oxygen atoms in total. The Hall–Kier alpha value is -1.80. The minimum absolute atomic E-state index is 0.713. The molecule has 0 aliphatic rings. The molecule has 2 rings (SSSR count). The number of benzene rings is 2. The van der Waals surface area contributed by atoms with Crippen molar-refractivity contribution in [2.24, 2.45) is 5.73 Å². The number of hydrogen-bond donors (Lipinski definition) is 1. The van der Waals surface area contributed by atoms with Gasteiger partial charge in [0.05, 0.1) is 0 Å². The van der Waals surface area contributed by atoms with Crippen LogP contribution in [0.5, 0.6) is 0 Å². The minimum Gasteiger partial charge on any atom is -0.367 e. The molecular formula is C17H22N2. The summed E-state index contributed by atoms with van der Waals surface area (Å²) in [4.78, 5) is 2.37. The molecule has 19 heavy (non-hydrogen) atoms. The van der Waals surface area contributed by atoms with Crippen molar-refractivity contribution < 1.29 is 0 Å². The Labute approximate surface area is 115 Å². The van der Waals surface area contributed by atoms with Gasteiger partial charge in [-0.1, -0.05) is 42.5 Å². The van der Waals surface area contributed by atoms with E-state index in [1.165, 1.54) is 16.8 Å². The van der Waals surface area contributed by atoms with Crippen LogP contribution in [-0.2, 0) is 13.0 Å². The zero-order valence-electron chi connectivity index (χ0n) is 11.5. The molecule has 0 heterocycles. The van der Waals surface area contributed by atoms with Crippen molar-refractivity contribution in [3.05, 3.63) is 65.7 Å². The monoisotopic (exact) mass is 254 g/mol. The van der Waals surface area contributed by atoms with Gasteiger partial charge >= 0.3 is 0 Å². The van der Waals surface area contributed by atoms with Gasteiger partial charge in [0.25, 0.3) is 0 Å². The van der Waals surface area contributed by atoms with Gasteiger partial charge in [-0.2, -0.15) is 0 Å². The summed E-state index contributed by atoms with van der Waals surface area (Å²) in [5, 5.41) is 0. The Balaban J connectivity index is 2.06. The Morgan fingerprint density at radius 2 is 1.53 bits per heavy atom. The van der Waals surface area contributed by atoms with Crippen molar-refractivity contribution in [2.45, 2.75) is 19.9 Å². The highest BCUT2D eigenvalue weighted by Gasteiger charge is 2.04. The summed E-state index contributed by atoms with van der Waals surface area (Å²) in [6.07, 6.45) is 0.955. The van der Waals surface area contributed by atoms with E-state index < -0.39 is 0 Å². The second-order valence-corrected chi connectivity index (χ2v) is 4.70. The highest BCUT2D eigenvalue weighted by molar-refractivity contribution is 5.46. The number of nitrogens with zero attached hydrogens (tertiary/aromatic N) is 1. The van der Waals surface area contributed by atoms with Gasteiger partial charge in [-0.25, -0.2) is 0 Å². The molecule has 0 saturated heterocycles. The topological polar surface area (TPSA) is 29.3 Å². The van der Waals surface area contributed by atoms with Crippen LogP contribution in [0.15, 0.2) is 54.6 Å². The number of para-hydroxylation sites is 1. The third kappa shape index (κ3) is 3.83. The van der Waals surface area contributed by atoms with Gasteiger partial charge in [0.15, 0.2) is 0 Å². The van der Waals surface area contributed by atoms with Crippen LogP contribution in [0.1, 0.15) is 18.1 Å². The van der Waals surface area contributed by atoms with E-state index in [0.717, 1.165) is 19.5 Å². The predicted molar refractivity (Wildman–Crippen MR) is 82.4 cm³/mol. The van der Waals surface area contributed by atoms with Crippen LogP contribution >= 0.6 is 0 Å². The molecule has 0 atom stereocenters. The molecule has 0 fully saturated rings. The van der Waals surface area contributed by atoms with E-state index in [-0.39, 0.29) is 0 Å². The van der Waals surface area contributed by atoms with Crippen LogP contribution in [0.25, 0.3) is 0 Å². The van der Waals surface area contributed by atoms with Gasteiger partial charge < -0.3 is 10.6 Å². The number of anilines is 1. The van der Waals surface area contributed by atoms with Crippen molar-refractivity contribution in [2.75, 3.05) is 18.0 Å². The van der Waals surface area contributed by atoms with Crippen LogP contribution in [-0.4, -0.2) is 13.1 Å². The van der Waals surface area contributed by atoms with Gasteiger partial charge in [-0.15, -0.1) is 0 Å². The molecule has 2 heteroatoms. The van der Waals surface area contributed by atoms with Crippen LogP contribution in [0, 0.1) is 0 Å². The lowest BCUT2D eigenvalue weighted by Gasteiger charge is -2.23. The van der Waals surface area contributed by atoms with Gasteiger partial charge in [0.1, 0.15) is 0 Å². The van der Waals surface area contributed by atoms with E-state index in [2.05, 4.69) is 66.4 Å². The summed E-state index contributed by atoms with van der Waals surface area (Å²) in [6.45, 7) is 4.86. The molecule has 2 N–H and O–H groups in total. The Morgan fingerprint density at radius 3 is 2.11 bits per heavy atom.